The summed E-state index contributed by atoms with van der Waals surface area (Å²) in [5, 5.41) is 7.32. The normalized spacial score (nSPS) is 10.9. The molecule has 0 atom stereocenters. The van der Waals surface area contributed by atoms with Gasteiger partial charge in [0, 0.05) is 35.1 Å². The second kappa shape index (κ2) is 7.07. The van der Waals surface area contributed by atoms with Gasteiger partial charge in [-0.15, -0.1) is 0 Å². The van der Waals surface area contributed by atoms with Crippen LogP contribution in [0.1, 0.15) is 46.3 Å². The van der Waals surface area contributed by atoms with Gasteiger partial charge in [-0.05, 0) is 63.9 Å². The van der Waals surface area contributed by atoms with Crippen LogP contribution in [0.2, 0.25) is 0 Å². The number of hydrogen-bond acceptors (Lipinski definition) is 4. The Kier molecular flexibility index (Phi) is 4.84. The number of fused-ring (bicyclic) bond motifs is 1. The van der Waals surface area contributed by atoms with Crippen LogP contribution in [0.3, 0.4) is 0 Å². The van der Waals surface area contributed by atoms with Gasteiger partial charge < -0.3 is 5.32 Å². The highest BCUT2D eigenvalue weighted by Gasteiger charge is 2.13. The van der Waals surface area contributed by atoms with E-state index in [2.05, 4.69) is 15.4 Å². The maximum absolute atomic E-state index is 12.3. The third-order valence-corrected chi connectivity index (χ3v) is 4.46. The average molecular weight is 350 g/mol. The van der Waals surface area contributed by atoms with Gasteiger partial charge in [-0.3, -0.25) is 9.59 Å². The van der Waals surface area contributed by atoms with Crippen molar-refractivity contribution in [2.75, 3.05) is 5.32 Å². The average Bonchev–Trinajstić information content (AvgIpc) is 2.95. The number of benzene rings is 1. The highest BCUT2D eigenvalue weighted by atomic mass is 16.1. The molecule has 0 spiro atoms. The van der Waals surface area contributed by atoms with Gasteiger partial charge in [0.15, 0.2) is 11.4 Å². The lowest BCUT2D eigenvalue weighted by atomic mass is 10.1. The van der Waals surface area contributed by atoms with Gasteiger partial charge in [0.2, 0.25) is 5.91 Å². The van der Waals surface area contributed by atoms with E-state index in [0.29, 0.717) is 24.1 Å². The second-order valence-corrected chi connectivity index (χ2v) is 6.50. The Hall–Kier alpha value is -3.02. The van der Waals surface area contributed by atoms with Crippen molar-refractivity contribution in [3.8, 4) is 0 Å². The molecule has 6 nitrogen and oxygen atoms in total. The summed E-state index contributed by atoms with van der Waals surface area (Å²) in [6.45, 7) is 7.42. The van der Waals surface area contributed by atoms with Crippen LogP contribution < -0.4 is 5.32 Å². The summed E-state index contributed by atoms with van der Waals surface area (Å²) >= 11 is 0. The molecule has 134 valence electrons. The van der Waals surface area contributed by atoms with Gasteiger partial charge >= 0.3 is 0 Å². The van der Waals surface area contributed by atoms with Crippen LogP contribution in [0.5, 0.6) is 0 Å². The fourth-order valence-electron chi connectivity index (χ4n) is 3.05. The van der Waals surface area contributed by atoms with Crippen LogP contribution in [0, 0.1) is 20.8 Å². The Bertz CT molecular complexity index is 987. The van der Waals surface area contributed by atoms with Crippen LogP contribution in [0.25, 0.3) is 5.65 Å². The highest BCUT2D eigenvalue weighted by Crippen LogP contribution is 2.17. The summed E-state index contributed by atoms with van der Waals surface area (Å²) in [7, 11) is 0. The first-order valence-electron chi connectivity index (χ1n) is 8.58. The van der Waals surface area contributed by atoms with Crippen molar-refractivity contribution in [2.24, 2.45) is 0 Å². The summed E-state index contributed by atoms with van der Waals surface area (Å²) in [5.74, 6) is -0.0679. The van der Waals surface area contributed by atoms with E-state index in [1.807, 2.05) is 31.4 Å². The lowest BCUT2D eigenvalue weighted by Crippen LogP contribution is -2.14. The van der Waals surface area contributed by atoms with Crippen LogP contribution in [0.4, 0.5) is 5.69 Å². The zero-order valence-corrected chi connectivity index (χ0v) is 15.5. The van der Waals surface area contributed by atoms with E-state index in [1.54, 1.807) is 24.3 Å². The number of hydrogen-bond donors (Lipinski definition) is 1. The molecule has 3 rings (SSSR count). The Morgan fingerprint density at radius 3 is 2.46 bits per heavy atom. The molecule has 0 radical (unpaired) electrons. The van der Waals surface area contributed by atoms with E-state index in [4.69, 9.17) is 0 Å². The van der Waals surface area contributed by atoms with Crippen LogP contribution >= 0.6 is 0 Å². The van der Waals surface area contributed by atoms with E-state index in [0.717, 1.165) is 28.3 Å². The molecule has 0 aliphatic heterocycles. The van der Waals surface area contributed by atoms with E-state index in [-0.39, 0.29) is 11.7 Å². The number of carbonyl (C=O) groups is 2. The number of rotatable bonds is 5. The van der Waals surface area contributed by atoms with Gasteiger partial charge in [0.25, 0.3) is 0 Å². The number of anilines is 1. The molecular weight excluding hydrogens is 328 g/mol. The monoisotopic (exact) mass is 350 g/mol. The van der Waals surface area contributed by atoms with E-state index in [1.165, 1.54) is 6.92 Å². The SMILES string of the molecule is CC(=O)c1ccc(NC(=O)CCc2c(C)nc3cc(C)nn3c2C)cc1. The minimum Gasteiger partial charge on any atom is -0.326 e. The molecule has 0 aliphatic carbocycles. The molecule has 1 aromatic carbocycles. The first-order chi connectivity index (χ1) is 12.3. The molecular formula is C20H22N4O2. The number of amides is 1. The van der Waals surface area contributed by atoms with Crippen molar-refractivity contribution in [2.45, 2.75) is 40.5 Å². The quantitative estimate of drug-likeness (QED) is 0.715. The fourth-order valence-corrected chi connectivity index (χ4v) is 3.05. The Labute approximate surface area is 152 Å². The number of aromatic nitrogens is 3. The molecule has 2 heterocycles. The fraction of sp³-hybridized carbons (Fsp3) is 0.300. The van der Waals surface area contributed by atoms with Crippen molar-refractivity contribution in [3.05, 3.63) is 58.5 Å². The largest absolute Gasteiger partial charge is 0.326 e. The molecule has 2 aromatic heterocycles. The van der Waals surface area contributed by atoms with Crippen molar-refractivity contribution < 1.29 is 9.59 Å². The van der Waals surface area contributed by atoms with Gasteiger partial charge in [0.05, 0.1) is 5.69 Å². The number of nitrogens with zero attached hydrogens (tertiary/aromatic N) is 3. The van der Waals surface area contributed by atoms with E-state index in [9.17, 15) is 9.59 Å². The van der Waals surface area contributed by atoms with Gasteiger partial charge in [0.1, 0.15) is 0 Å². The number of aryl methyl sites for hydroxylation is 3. The summed E-state index contributed by atoms with van der Waals surface area (Å²) in [6, 6.07) is 8.85. The Morgan fingerprint density at radius 2 is 1.81 bits per heavy atom. The molecule has 3 aromatic rings. The van der Waals surface area contributed by atoms with E-state index < -0.39 is 0 Å². The van der Waals surface area contributed by atoms with Crippen LogP contribution in [-0.4, -0.2) is 26.3 Å². The Balaban J connectivity index is 1.69. The first kappa shape index (κ1) is 17.8. The van der Waals surface area contributed by atoms with E-state index >= 15 is 0 Å². The molecule has 0 aliphatic rings. The molecule has 1 amide bonds. The molecule has 0 saturated heterocycles. The number of ketones is 1. The molecule has 26 heavy (non-hydrogen) atoms. The summed E-state index contributed by atoms with van der Waals surface area (Å²) in [6.07, 6.45) is 0.945. The molecule has 0 bridgehead atoms. The lowest BCUT2D eigenvalue weighted by molar-refractivity contribution is -0.116. The topological polar surface area (TPSA) is 76.4 Å². The third-order valence-electron chi connectivity index (χ3n) is 4.46. The van der Waals surface area contributed by atoms with Gasteiger partial charge in [-0.2, -0.15) is 5.10 Å². The predicted octanol–water partition coefficient (Wildman–Crippen LogP) is 3.43. The van der Waals surface area contributed by atoms with Crippen molar-refractivity contribution in [1.29, 1.82) is 0 Å². The maximum Gasteiger partial charge on any atom is 0.224 e. The highest BCUT2D eigenvalue weighted by molar-refractivity contribution is 5.95. The number of carbonyl (C=O) groups excluding carboxylic acids is 2. The zero-order chi connectivity index (χ0) is 18.8. The summed E-state index contributed by atoms with van der Waals surface area (Å²) in [5.41, 5.74) is 6.04. The standard InChI is InChI=1S/C20H22N4O2/c1-12-11-19-21-13(2)18(14(3)24(19)23-12)9-10-20(26)22-17-7-5-16(6-8-17)15(4)25/h5-8,11H,9-10H2,1-4H3,(H,22,26). The molecule has 0 fully saturated rings. The molecule has 1 N–H and O–H groups in total. The maximum atomic E-state index is 12.3. The summed E-state index contributed by atoms with van der Waals surface area (Å²) in [4.78, 5) is 28.2. The minimum absolute atomic E-state index is 0.00516. The second-order valence-electron chi connectivity index (χ2n) is 6.50. The number of nitrogens with one attached hydrogen (secondary N) is 1. The molecule has 0 saturated carbocycles. The van der Waals surface area contributed by atoms with Crippen molar-refractivity contribution in [3.63, 3.8) is 0 Å². The third kappa shape index (κ3) is 3.64. The summed E-state index contributed by atoms with van der Waals surface area (Å²) < 4.78 is 1.83. The van der Waals surface area contributed by atoms with Crippen molar-refractivity contribution in [1.82, 2.24) is 14.6 Å². The first-order valence-corrected chi connectivity index (χ1v) is 8.58. The molecule has 6 heteroatoms. The predicted molar refractivity (Wildman–Crippen MR) is 101 cm³/mol. The molecule has 0 unspecified atom stereocenters. The Morgan fingerprint density at radius 1 is 1.12 bits per heavy atom. The zero-order valence-electron chi connectivity index (χ0n) is 15.5. The van der Waals surface area contributed by atoms with Crippen LogP contribution in [-0.2, 0) is 11.2 Å². The van der Waals surface area contributed by atoms with Crippen LogP contribution in [0.15, 0.2) is 30.3 Å². The van der Waals surface area contributed by atoms with Crippen molar-refractivity contribution >= 4 is 23.0 Å². The minimum atomic E-state index is -0.0730. The lowest BCUT2D eigenvalue weighted by Gasteiger charge is -2.11. The van der Waals surface area contributed by atoms with Gasteiger partial charge in [-0.1, -0.05) is 0 Å². The smallest absolute Gasteiger partial charge is 0.224 e. The number of Topliss-reactive ketones (excluding diaryl/α,β-unsaturated/α-hetero) is 1. The van der Waals surface area contributed by atoms with Gasteiger partial charge in [-0.25, -0.2) is 9.50 Å².